The van der Waals surface area contributed by atoms with E-state index < -0.39 is 0 Å². The highest BCUT2D eigenvalue weighted by Crippen LogP contribution is 2.18. The molecule has 0 atom stereocenters. The number of nitrogens with zero attached hydrogens (tertiary/aromatic N) is 3. The van der Waals surface area contributed by atoms with Crippen molar-refractivity contribution < 1.29 is 9.15 Å². The zero-order chi connectivity index (χ0) is 16.9. The van der Waals surface area contributed by atoms with Crippen molar-refractivity contribution in [1.29, 1.82) is 0 Å². The minimum atomic E-state index is 0.744. The van der Waals surface area contributed by atoms with Crippen molar-refractivity contribution in [3.8, 4) is 5.75 Å². The van der Waals surface area contributed by atoms with Crippen LogP contribution in [-0.2, 0) is 26.7 Å². The minimum Gasteiger partial charge on any atom is -0.497 e. The number of furan rings is 1. The predicted molar refractivity (Wildman–Crippen MR) is 92.6 cm³/mol. The number of aromatic nitrogens is 2. The van der Waals surface area contributed by atoms with Gasteiger partial charge in [0, 0.05) is 26.3 Å². The number of imidazole rings is 1. The number of ether oxygens (including phenoxy) is 1. The molecule has 5 heteroatoms. The van der Waals surface area contributed by atoms with Crippen LogP contribution in [0.25, 0.3) is 0 Å². The summed E-state index contributed by atoms with van der Waals surface area (Å²) in [5.74, 6) is 2.85. The fraction of sp³-hybridized carbons (Fsp3) is 0.316. The Morgan fingerprint density at radius 2 is 2.04 bits per heavy atom. The fourth-order valence-corrected chi connectivity index (χ4v) is 2.74. The van der Waals surface area contributed by atoms with Crippen LogP contribution in [0.5, 0.6) is 5.75 Å². The summed E-state index contributed by atoms with van der Waals surface area (Å²) in [6.45, 7) is 4.37. The van der Waals surface area contributed by atoms with Crippen LogP contribution in [0.2, 0.25) is 0 Å². The lowest BCUT2D eigenvalue weighted by molar-refractivity contribution is 0.222. The quantitative estimate of drug-likeness (QED) is 0.666. The zero-order valence-corrected chi connectivity index (χ0v) is 14.4. The Morgan fingerprint density at radius 1 is 1.17 bits per heavy atom. The lowest BCUT2D eigenvalue weighted by Crippen LogP contribution is -2.23. The molecule has 0 bridgehead atoms. The molecular weight excluding hydrogens is 302 g/mol. The zero-order valence-electron chi connectivity index (χ0n) is 14.4. The Labute approximate surface area is 142 Å². The third-order valence-corrected chi connectivity index (χ3v) is 4.20. The van der Waals surface area contributed by atoms with E-state index in [0.717, 1.165) is 37.0 Å². The van der Waals surface area contributed by atoms with Crippen LogP contribution in [0.1, 0.15) is 22.8 Å². The molecule has 1 aromatic carbocycles. The molecule has 0 aliphatic heterocycles. The molecule has 5 nitrogen and oxygen atoms in total. The number of hydrogen-bond donors (Lipinski definition) is 0. The van der Waals surface area contributed by atoms with Gasteiger partial charge in [-0.2, -0.15) is 0 Å². The molecule has 0 saturated heterocycles. The number of benzene rings is 1. The molecule has 0 unspecified atom stereocenters. The Bertz CT molecular complexity index is 778. The topological polar surface area (TPSA) is 43.4 Å². The van der Waals surface area contributed by atoms with Crippen LogP contribution in [0, 0.1) is 6.92 Å². The van der Waals surface area contributed by atoms with Crippen LogP contribution in [0.4, 0.5) is 0 Å². The number of hydrogen-bond acceptors (Lipinski definition) is 4. The van der Waals surface area contributed by atoms with Gasteiger partial charge in [0.05, 0.1) is 25.6 Å². The molecule has 0 saturated carbocycles. The third kappa shape index (κ3) is 3.86. The summed E-state index contributed by atoms with van der Waals surface area (Å²) in [5, 5.41) is 0. The molecule has 2 aromatic heterocycles. The Balaban J connectivity index is 1.79. The summed E-state index contributed by atoms with van der Waals surface area (Å²) in [6, 6.07) is 12.1. The maximum absolute atomic E-state index is 5.53. The summed E-state index contributed by atoms with van der Waals surface area (Å²) in [6.07, 6.45) is 3.66. The van der Waals surface area contributed by atoms with Gasteiger partial charge in [-0.3, -0.25) is 4.90 Å². The van der Waals surface area contributed by atoms with Crippen molar-refractivity contribution in [3.05, 3.63) is 71.7 Å². The maximum Gasteiger partial charge on any atom is 0.119 e. The highest BCUT2D eigenvalue weighted by Gasteiger charge is 2.13. The Hall–Kier alpha value is -2.53. The first-order chi connectivity index (χ1) is 11.7. The van der Waals surface area contributed by atoms with Gasteiger partial charge in [-0.15, -0.1) is 0 Å². The molecule has 0 radical (unpaired) electrons. The van der Waals surface area contributed by atoms with Gasteiger partial charge in [0.2, 0.25) is 0 Å². The second kappa shape index (κ2) is 7.36. The van der Waals surface area contributed by atoms with Crippen molar-refractivity contribution in [2.45, 2.75) is 26.6 Å². The Kier molecular flexibility index (Phi) is 5.01. The molecule has 2 heterocycles. The van der Waals surface area contributed by atoms with E-state index in [1.54, 1.807) is 13.4 Å². The molecule has 0 N–H and O–H groups in total. The molecule has 3 rings (SSSR count). The second-order valence-electron chi connectivity index (χ2n) is 5.93. The predicted octanol–water partition coefficient (Wildman–Crippen LogP) is 3.53. The Morgan fingerprint density at radius 3 is 2.71 bits per heavy atom. The number of aryl methyl sites for hydroxylation is 1. The van der Waals surface area contributed by atoms with E-state index in [9.17, 15) is 0 Å². The van der Waals surface area contributed by atoms with Crippen LogP contribution >= 0.6 is 0 Å². The van der Waals surface area contributed by atoms with Gasteiger partial charge in [0.25, 0.3) is 0 Å². The van der Waals surface area contributed by atoms with Gasteiger partial charge in [-0.1, -0.05) is 12.1 Å². The maximum atomic E-state index is 5.53. The average molecular weight is 325 g/mol. The lowest BCUT2D eigenvalue weighted by atomic mass is 10.2. The number of methoxy groups -OCH3 is 1. The second-order valence-corrected chi connectivity index (χ2v) is 5.93. The third-order valence-electron chi connectivity index (χ3n) is 4.20. The smallest absolute Gasteiger partial charge is 0.119 e. The average Bonchev–Trinajstić information content (AvgIpc) is 3.20. The first-order valence-electron chi connectivity index (χ1n) is 8.00. The molecule has 24 heavy (non-hydrogen) atoms. The van der Waals surface area contributed by atoms with Crippen LogP contribution in [0.3, 0.4) is 0 Å². The van der Waals surface area contributed by atoms with Gasteiger partial charge in [-0.25, -0.2) is 4.98 Å². The van der Waals surface area contributed by atoms with Gasteiger partial charge in [-0.05, 0) is 36.8 Å². The van der Waals surface area contributed by atoms with E-state index in [1.807, 2.05) is 44.4 Å². The molecule has 0 aliphatic rings. The summed E-state index contributed by atoms with van der Waals surface area (Å²) < 4.78 is 13.0. The van der Waals surface area contributed by atoms with Crippen LogP contribution < -0.4 is 4.74 Å². The minimum absolute atomic E-state index is 0.744. The van der Waals surface area contributed by atoms with E-state index in [-0.39, 0.29) is 0 Å². The van der Waals surface area contributed by atoms with Crippen molar-refractivity contribution in [2.75, 3.05) is 7.11 Å². The summed E-state index contributed by atoms with van der Waals surface area (Å²) in [7, 11) is 3.74. The van der Waals surface area contributed by atoms with Gasteiger partial charge >= 0.3 is 0 Å². The first-order valence-corrected chi connectivity index (χ1v) is 8.00. The van der Waals surface area contributed by atoms with Crippen molar-refractivity contribution >= 4 is 0 Å². The van der Waals surface area contributed by atoms with Gasteiger partial charge in [0.1, 0.15) is 17.3 Å². The van der Waals surface area contributed by atoms with Crippen LogP contribution in [0.15, 0.2) is 53.3 Å². The van der Waals surface area contributed by atoms with E-state index in [0.29, 0.717) is 0 Å². The van der Waals surface area contributed by atoms with Crippen LogP contribution in [-0.4, -0.2) is 21.6 Å². The molecular formula is C19H23N3O2. The molecule has 3 aromatic rings. The lowest BCUT2D eigenvalue weighted by Gasteiger charge is -2.22. The summed E-state index contributed by atoms with van der Waals surface area (Å²) >= 11 is 0. The largest absolute Gasteiger partial charge is 0.497 e. The SMILES string of the molecule is COc1cccc(CN(Cc2ccco2)Cc2cnc(C)n2C)c1. The van der Waals surface area contributed by atoms with Crippen molar-refractivity contribution in [3.63, 3.8) is 0 Å². The fourth-order valence-electron chi connectivity index (χ4n) is 2.74. The molecule has 0 fully saturated rings. The first kappa shape index (κ1) is 16.3. The van der Waals surface area contributed by atoms with E-state index in [4.69, 9.17) is 9.15 Å². The summed E-state index contributed by atoms with van der Waals surface area (Å²) in [4.78, 5) is 6.73. The molecule has 0 aliphatic carbocycles. The molecule has 0 amide bonds. The highest BCUT2D eigenvalue weighted by molar-refractivity contribution is 5.28. The summed E-state index contributed by atoms with van der Waals surface area (Å²) in [5.41, 5.74) is 2.39. The molecule has 126 valence electrons. The van der Waals surface area contributed by atoms with Gasteiger partial charge < -0.3 is 13.7 Å². The normalized spacial score (nSPS) is 11.2. The van der Waals surface area contributed by atoms with E-state index in [1.165, 1.54) is 11.3 Å². The van der Waals surface area contributed by atoms with E-state index in [2.05, 4.69) is 26.6 Å². The molecule has 0 spiro atoms. The monoisotopic (exact) mass is 325 g/mol. The standard InChI is InChI=1S/C19H23N3O2/c1-15-20-11-17(21(15)2)13-22(14-19-8-5-9-24-19)12-16-6-4-7-18(10-16)23-3/h4-11H,12-14H2,1-3H3. The number of rotatable bonds is 7. The van der Waals surface area contributed by atoms with Crippen molar-refractivity contribution in [2.24, 2.45) is 7.05 Å². The van der Waals surface area contributed by atoms with Gasteiger partial charge in [0.15, 0.2) is 0 Å². The van der Waals surface area contributed by atoms with E-state index >= 15 is 0 Å². The van der Waals surface area contributed by atoms with Crippen molar-refractivity contribution in [1.82, 2.24) is 14.5 Å². The highest BCUT2D eigenvalue weighted by atomic mass is 16.5.